The molecule has 1 aromatic carbocycles. The maximum Gasteiger partial charge on any atom is 0.173 e. The molecule has 4 nitrogen and oxygen atoms in total. The van der Waals surface area contributed by atoms with E-state index in [1.165, 1.54) is 5.56 Å². The van der Waals surface area contributed by atoms with Gasteiger partial charge in [-0.15, -0.1) is 0 Å². The molecule has 1 aliphatic rings. The number of carbonyl (C=O) groups excluding carboxylic acids is 1. The van der Waals surface area contributed by atoms with Gasteiger partial charge in [0.15, 0.2) is 5.11 Å². The summed E-state index contributed by atoms with van der Waals surface area (Å²) >= 11 is 5.37. The van der Waals surface area contributed by atoms with E-state index < -0.39 is 12.0 Å². The summed E-state index contributed by atoms with van der Waals surface area (Å²) in [6.07, 6.45) is 1.42. The highest BCUT2D eigenvalue weighted by Gasteiger charge is 2.27. The van der Waals surface area contributed by atoms with Gasteiger partial charge in [-0.2, -0.15) is 0 Å². The standard InChI is InChI=1S/C15H20N2O2S/c1-9-7-10(2)13(11(3)8-9)16-15(20)17-6-4-5-12(17)14(18)19/h7-8,12H,4-6H2,1-3H3,(H,16,20)(H,18,19)/p-1. The molecule has 1 heterocycles. The van der Waals surface area contributed by atoms with Gasteiger partial charge in [-0.3, -0.25) is 0 Å². The summed E-state index contributed by atoms with van der Waals surface area (Å²) in [6.45, 7) is 6.75. The molecule has 20 heavy (non-hydrogen) atoms. The van der Waals surface area contributed by atoms with E-state index in [2.05, 4.69) is 24.4 Å². The molecule has 0 radical (unpaired) electrons. The minimum Gasteiger partial charge on any atom is -0.548 e. The number of aliphatic carboxylic acids is 1. The molecule has 1 aliphatic heterocycles. The Morgan fingerprint density at radius 2 is 1.95 bits per heavy atom. The molecule has 1 atom stereocenters. The van der Waals surface area contributed by atoms with Crippen molar-refractivity contribution in [1.82, 2.24) is 4.90 Å². The molecular formula is C15H19N2O2S-. The summed E-state index contributed by atoms with van der Waals surface area (Å²) in [4.78, 5) is 12.8. The zero-order valence-electron chi connectivity index (χ0n) is 12.0. The van der Waals surface area contributed by atoms with Crippen LogP contribution in [0.3, 0.4) is 0 Å². The number of likely N-dealkylation sites (tertiary alicyclic amines) is 1. The Kier molecular flexibility index (Phi) is 4.28. The topological polar surface area (TPSA) is 55.4 Å². The SMILES string of the molecule is Cc1cc(C)c(NC(=S)N2CCCC2C(=O)[O-])c(C)c1. The average Bonchev–Trinajstić information content (AvgIpc) is 2.82. The van der Waals surface area contributed by atoms with E-state index in [9.17, 15) is 9.90 Å². The fourth-order valence-corrected chi connectivity index (χ4v) is 3.13. The maximum absolute atomic E-state index is 11.1. The number of thiocarbonyl (C=S) groups is 1. The van der Waals surface area contributed by atoms with Gasteiger partial charge in [0, 0.05) is 12.2 Å². The molecule has 0 saturated carbocycles. The zero-order valence-corrected chi connectivity index (χ0v) is 12.8. The van der Waals surface area contributed by atoms with E-state index in [1.807, 2.05) is 13.8 Å². The van der Waals surface area contributed by atoms with Gasteiger partial charge in [0.2, 0.25) is 0 Å². The number of anilines is 1. The number of rotatable bonds is 2. The third-order valence-corrected chi connectivity index (χ3v) is 4.03. The van der Waals surface area contributed by atoms with Gasteiger partial charge in [-0.05, 0) is 57.0 Å². The Labute approximate surface area is 124 Å². The highest BCUT2D eigenvalue weighted by atomic mass is 32.1. The smallest absolute Gasteiger partial charge is 0.173 e. The first kappa shape index (κ1) is 14.8. The second-order valence-electron chi connectivity index (χ2n) is 5.37. The van der Waals surface area contributed by atoms with Crippen molar-refractivity contribution in [2.75, 3.05) is 11.9 Å². The molecule has 0 amide bonds. The van der Waals surface area contributed by atoms with E-state index in [-0.39, 0.29) is 0 Å². The van der Waals surface area contributed by atoms with Gasteiger partial charge in [0.05, 0.1) is 12.0 Å². The van der Waals surface area contributed by atoms with Gasteiger partial charge in [0.25, 0.3) is 0 Å². The van der Waals surface area contributed by atoms with Crippen molar-refractivity contribution in [3.05, 3.63) is 28.8 Å². The summed E-state index contributed by atoms with van der Waals surface area (Å²) in [5.41, 5.74) is 4.37. The zero-order chi connectivity index (χ0) is 14.9. The van der Waals surface area contributed by atoms with Gasteiger partial charge < -0.3 is 20.1 Å². The van der Waals surface area contributed by atoms with Crippen molar-refractivity contribution in [2.24, 2.45) is 0 Å². The Balaban J connectivity index is 2.18. The maximum atomic E-state index is 11.1. The summed E-state index contributed by atoms with van der Waals surface area (Å²) in [5.74, 6) is -1.05. The second kappa shape index (κ2) is 5.79. The van der Waals surface area contributed by atoms with Crippen molar-refractivity contribution >= 4 is 29.0 Å². The van der Waals surface area contributed by atoms with E-state index in [0.717, 1.165) is 23.2 Å². The lowest BCUT2D eigenvalue weighted by Crippen LogP contribution is -2.48. The molecule has 0 aromatic heterocycles. The fraction of sp³-hybridized carbons (Fsp3) is 0.467. The van der Waals surface area contributed by atoms with Crippen molar-refractivity contribution in [1.29, 1.82) is 0 Å². The fourth-order valence-electron chi connectivity index (χ4n) is 2.81. The Bertz CT molecular complexity index is 534. The number of aryl methyl sites for hydroxylation is 3. The van der Waals surface area contributed by atoms with Crippen molar-refractivity contribution in [2.45, 2.75) is 39.7 Å². The van der Waals surface area contributed by atoms with E-state index in [1.54, 1.807) is 4.90 Å². The Morgan fingerprint density at radius 3 is 2.50 bits per heavy atom. The van der Waals surface area contributed by atoms with Crippen molar-refractivity contribution in [3.63, 3.8) is 0 Å². The normalized spacial score (nSPS) is 18.1. The highest BCUT2D eigenvalue weighted by Crippen LogP contribution is 2.24. The molecule has 0 aliphatic carbocycles. The van der Waals surface area contributed by atoms with Crippen LogP contribution in [0.5, 0.6) is 0 Å². The number of nitrogens with zero attached hydrogens (tertiary/aromatic N) is 1. The minimum absolute atomic E-state index is 0.465. The quantitative estimate of drug-likeness (QED) is 0.837. The van der Waals surface area contributed by atoms with Gasteiger partial charge in [0.1, 0.15) is 0 Å². The van der Waals surface area contributed by atoms with Crippen LogP contribution in [0.25, 0.3) is 0 Å². The summed E-state index contributed by atoms with van der Waals surface area (Å²) in [6, 6.07) is 3.55. The molecule has 1 aromatic rings. The number of hydrogen-bond donors (Lipinski definition) is 1. The molecule has 0 spiro atoms. The first-order valence-corrected chi connectivity index (χ1v) is 7.17. The number of carboxylic acids is 1. The molecule has 1 N–H and O–H groups in total. The summed E-state index contributed by atoms with van der Waals surface area (Å²) < 4.78 is 0. The van der Waals surface area contributed by atoms with Crippen LogP contribution in [0.15, 0.2) is 12.1 Å². The average molecular weight is 291 g/mol. The van der Waals surface area contributed by atoms with Gasteiger partial charge in [-0.25, -0.2) is 0 Å². The van der Waals surface area contributed by atoms with Crippen LogP contribution in [0.1, 0.15) is 29.5 Å². The number of nitrogens with one attached hydrogen (secondary N) is 1. The number of hydrogen-bond acceptors (Lipinski definition) is 3. The van der Waals surface area contributed by atoms with Crippen LogP contribution >= 0.6 is 12.2 Å². The van der Waals surface area contributed by atoms with Crippen LogP contribution in [-0.4, -0.2) is 28.6 Å². The molecule has 1 fully saturated rings. The minimum atomic E-state index is -1.05. The Morgan fingerprint density at radius 1 is 1.35 bits per heavy atom. The predicted molar refractivity (Wildman–Crippen MR) is 81.6 cm³/mol. The first-order chi connectivity index (χ1) is 9.40. The molecule has 0 bridgehead atoms. The molecule has 1 saturated heterocycles. The monoisotopic (exact) mass is 291 g/mol. The van der Waals surface area contributed by atoms with Crippen LogP contribution in [0.2, 0.25) is 0 Å². The van der Waals surface area contributed by atoms with Gasteiger partial charge in [-0.1, -0.05) is 17.7 Å². The largest absolute Gasteiger partial charge is 0.548 e. The summed E-state index contributed by atoms with van der Waals surface area (Å²) in [5, 5.41) is 14.8. The summed E-state index contributed by atoms with van der Waals surface area (Å²) in [7, 11) is 0. The lowest BCUT2D eigenvalue weighted by atomic mass is 10.1. The Hall–Kier alpha value is -1.62. The van der Waals surface area contributed by atoms with Gasteiger partial charge >= 0.3 is 0 Å². The first-order valence-electron chi connectivity index (χ1n) is 6.76. The van der Waals surface area contributed by atoms with Crippen LogP contribution < -0.4 is 10.4 Å². The molecule has 108 valence electrons. The lowest BCUT2D eigenvalue weighted by molar-refractivity contribution is -0.309. The third-order valence-electron chi connectivity index (χ3n) is 3.69. The highest BCUT2D eigenvalue weighted by molar-refractivity contribution is 7.80. The predicted octanol–water partition coefficient (Wildman–Crippen LogP) is 1.52. The number of carbonyl (C=O) groups is 1. The lowest BCUT2D eigenvalue weighted by Gasteiger charge is -2.29. The second-order valence-corrected chi connectivity index (χ2v) is 5.76. The van der Waals surface area contributed by atoms with Crippen LogP contribution in [-0.2, 0) is 4.79 Å². The molecule has 5 heteroatoms. The third kappa shape index (κ3) is 2.93. The number of carboxylic acid groups (broad SMARTS) is 1. The van der Waals surface area contributed by atoms with Crippen molar-refractivity contribution < 1.29 is 9.90 Å². The van der Waals surface area contributed by atoms with Crippen LogP contribution in [0, 0.1) is 20.8 Å². The van der Waals surface area contributed by atoms with E-state index in [4.69, 9.17) is 12.2 Å². The molecule has 2 rings (SSSR count). The van der Waals surface area contributed by atoms with E-state index in [0.29, 0.717) is 18.1 Å². The van der Waals surface area contributed by atoms with Crippen LogP contribution in [0.4, 0.5) is 5.69 Å². The number of benzene rings is 1. The van der Waals surface area contributed by atoms with E-state index >= 15 is 0 Å². The molecular weight excluding hydrogens is 272 g/mol. The van der Waals surface area contributed by atoms with Crippen molar-refractivity contribution in [3.8, 4) is 0 Å². The molecule has 1 unspecified atom stereocenters.